The number of rotatable bonds is 6. The maximum atomic E-state index is 15.0. The highest BCUT2D eigenvalue weighted by Crippen LogP contribution is 2.53. The molecule has 0 amide bonds. The van der Waals surface area contributed by atoms with E-state index in [1.807, 2.05) is 6.92 Å². The molecule has 2 aromatic heterocycles. The van der Waals surface area contributed by atoms with Crippen molar-refractivity contribution in [2.45, 2.75) is 30.1 Å². The normalized spacial score (nSPS) is 25.0. The van der Waals surface area contributed by atoms with E-state index < -0.39 is 22.8 Å². The monoisotopic (exact) mass is 470 g/mol. The molecule has 0 saturated heterocycles. The average molecular weight is 471 g/mol. The van der Waals surface area contributed by atoms with Crippen molar-refractivity contribution in [1.82, 2.24) is 15.0 Å². The van der Waals surface area contributed by atoms with Gasteiger partial charge in [-0.25, -0.2) is 23.7 Å². The molecule has 1 aliphatic heterocycles. The Morgan fingerprint density at radius 3 is 2.79 bits per heavy atom. The molecule has 3 aromatic rings. The first kappa shape index (κ1) is 21.8. The molecule has 5 rings (SSSR count). The van der Waals surface area contributed by atoms with E-state index in [2.05, 4.69) is 25.3 Å². The second-order valence-electron chi connectivity index (χ2n) is 8.62. The van der Waals surface area contributed by atoms with Gasteiger partial charge in [-0.05, 0) is 49.9 Å². The molecule has 1 aliphatic carbocycles. The largest absolute Gasteiger partial charge is 0.480 e. The van der Waals surface area contributed by atoms with Crippen LogP contribution < -0.4 is 15.8 Å². The Hall–Kier alpha value is -3.01. The Kier molecular flexibility index (Phi) is 5.35. The number of anilines is 2. The van der Waals surface area contributed by atoms with Gasteiger partial charge in [0.1, 0.15) is 28.6 Å². The second-order valence-corrected chi connectivity index (χ2v) is 9.92. The number of hydrogen-bond donors (Lipinski definition) is 2. The number of fused-ring (bicyclic) bond motifs is 1. The van der Waals surface area contributed by atoms with Crippen LogP contribution in [0.15, 0.2) is 41.7 Å². The van der Waals surface area contributed by atoms with Gasteiger partial charge in [-0.15, -0.1) is 11.8 Å². The van der Waals surface area contributed by atoms with Crippen LogP contribution in [-0.4, -0.2) is 45.1 Å². The van der Waals surface area contributed by atoms with Crippen molar-refractivity contribution in [2.24, 2.45) is 16.6 Å². The number of nitrogens with one attached hydrogen (secondary N) is 1. The second kappa shape index (κ2) is 8.09. The number of aliphatic imine (C=N–C) groups is 1. The lowest BCUT2D eigenvalue weighted by atomic mass is 9.92. The molecular weight excluding hydrogens is 446 g/mol. The van der Waals surface area contributed by atoms with E-state index >= 15 is 0 Å². The standard InChI is InChI=1S/C23H24F2N6OS/c1-22(12-33-23(11-24,13-3-4-13)21(26)31-22)15-9-14(5-6-16(15)25)29-20-19-17(7-8-27-20)30-18(32-2)10-28-19/h5-10,13H,3-4,11-12H2,1-2H3,(H2,26,31)(H,27,29)/t22-,23-/m0/s1. The molecule has 0 bridgehead atoms. The number of pyridine rings is 1. The van der Waals surface area contributed by atoms with Gasteiger partial charge in [-0.2, -0.15) is 0 Å². The van der Waals surface area contributed by atoms with Crippen LogP contribution in [0.25, 0.3) is 11.0 Å². The van der Waals surface area contributed by atoms with E-state index in [0.717, 1.165) is 12.8 Å². The minimum Gasteiger partial charge on any atom is -0.480 e. The zero-order chi connectivity index (χ0) is 23.2. The fraction of sp³-hybridized carbons (Fsp3) is 0.391. The van der Waals surface area contributed by atoms with E-state index in [0.29, 0.717) is 39.7 Å². The minimum absolute atomic E-state index is 0.204. The van der Waals surface area contributed by atoms with Crippen molar-refractivity contribution in [3.05, 3.63) is 48.0 Å². The number of amidine groups is 1. The van der Waals surface area contributed by atoms with Crippen LogP contribution in [0.3, 0.4) is 0 Å². The number of halogens is 2. The van der Waals surface area contributed by atoms with Crippen LogP contribution in [0.2, 0.25) is 0 Å². The van der Waals surface area contributed by atoms with Crippen molar-refractivity contribution in [3.63, 3.8) is 0 Å². The number of ether oxygens (including phenoxy) is 1. The fourth-order valence-electron chi connectivity index (χ4n) is 4.24. The van der Waals surface area contributed by atoms with Crippen LogP contribution in [0, 0.1) is 11.7 Å². The first-order chi connectivity index (χ1) is 15.9. The van der Waals surface area contributed by atoms with E-state index in [9.17, 15) is 8.78 Å². The Balaban J connectivity index is 1.49. The Morgan fingerprint density at radius 1 is 1.27 bits per heavy atom. The molecule has 3 N–H and O–H groups in total. The summed E-state index contributed by atoms with van der Waals surface area (Å²) in [7, 11) is 1.53. The summed E-state index contributed by atoms with van der Waals surface area (Å²) in [6, 6.07) is 6.44. The number of aromatic nitrogens is 3. The van der Waals surface area contributed by atoms with Crippen molar-refractivity contribution in [3.8, 4) is 5.88 Å². The maximum Gasteiger partial charge on any atom is 0.232 e. The number of methoxy groups -OCH3 is 1. The number of thioether (sulfide) groups is 1. The van der Waals surface area contributed by atoms with Crippen molar-refractivity contribution < 1.29 is 13.5 Å². The van der Waals surface area contributed by atoms with Crippen LogP contribution in [0.4, 0.5) is 20.3 Å². The molecular formula is C23H24F2N6OS. The van der Waals surface area contributed by atoms with Gasteiger partial charge in [0, 0.05) is 23.2 Å². The summed E-state index contributed by atoms with van der Waals surface area (Å²) in [5, 5.41) is 3.21. The molecule has 0 radical (unpaired) electrons. The van der Waals surface area contributed by atoms with Crippen LogP contribution >= 0.6 is 11.8 Å². The zero-order valence-corrected chi connectivity index (χ0v) is 19.1. The summed E-state index contributed by atoms with van der Waals surface area (Å²) in [4.78, 5) is 17.8. The van der Waals surface area contributed by atoms with Crippen molar-refractivity contribution in [1.29, 1.82) is 0 Å². The minimum atomic E-state index is -0.913. The van der Waals surface area contributed by atoms with Crippen LogP contribution in [-0.2, 0) is 5.54 Å². The molecule has 33 heavy (non-hydrogen) atoms. The van der Waals surface area contributed by atoms with Gasteiger partial charge < -0.3 is 15.8 Å². The van der Waals surface area contributed by atoms with Gasteiger partial charge in [0.2, 0.25) is 5.88 Å². The molecule has 3 heterocycles. The SMILES string of the molecule is COc1cnc2c(Nc3ccc(F)c([C@]4(C)CS[C@@](CF)(C5CC5)C(N)=N4)c3)nccc2n1. The predicted molar refractivity (Wildman–Crippen MR) is 126 cm³/mol. The van der Waals surface area contributed by atoms with E-state index in [4.69, 9.17) is 10.5 Å². The predicted octanol–water partition coefficient (Wildman–Crippen LogP) is 4.35. The molecule has 0 spiro atoms. The average Bonchev–Trinajstić information content (AvgIpc) is 3.66. The van der Waals surface area contributed by atoms with Gasteiger partial charge in [0.15, 0.2) is 5.82 Å². The van der Waals surface area contributed by atoms with E-state index in [1.54, 1.807) is 24.4 Å². The number of nitrogens with zero attached hydrogens (tertiary/aromatic N) is 4. The molecule has 1 saturated carbocycles. The van der Waals surface area contributed by atoms with E-state index in [1.165, 1.54) is 31.1 Å². The lowest BCUT2D eigenvalue weighted by molar-refractivity contribution is 0.397. The van der Waals surface area contributed by atoms with Crippen molar-refractivity contribution >= 4 is 40.1 Å². The lowest BCUT2D eigenvalue weighted by Crippen LogP contribution is -2.51. The topological polar surface area (TPSA) is 98.3 Å². The molecule has 1 aromatic carbocycles. The highest BCUT2D eigenvalue weighted by molar-refractivity contribution is 8.01. The Bertz CT molecular complexity index is 1250. The van der Waals surface area contributed by atoms with Gasteiger partial charge in [0.05, 0.1) is 24.4 Å². The van der Waals surface area contributed by atoms with Crippen LogP contribution in [0.5, 0.6) is 5.88 Å². The fourth-order valence-corrected chi connectivity index (χ4v) is 5.74. The lowest BCUT2D eigenvalue weighted by Gasteiger charge is -2.40. The van der Waals surface area contributed by atoms with Crippen LogP contribution in [0.1, 0.15) is 25.3 Å². The third-order valence-corrected chi connectivity index (χ3v) is 8.18. The van der Waals surface area contributed by atoms with Gasteiger partial charge in [-0.3, -0.25) is 4.99 Å². The third kappa shape index (κ3) is 3.76. The highest BCUT2D eigenvalue weighted by atomic mass is 32.2. The Morgan fingerprint density at radius 2 is 2.09 bits per heavy atom. The summed E-state index contributed by atoms with van der Waals surface area (Å²) in [6.07, 6.45) is 5.02. The molecule has 2 aliphatic rings. The number of nitrogens with two attached hydrogens (primary N) is 1. The first-order valence-electron chi connectivity index (χ1n) is 10.7. The van der Waals surface area contributed by atoms with Crippen molar-refractivity contribution in [2.75, 3.05) is 24.9 Å². The summed E-state index contributed by atoms with van der Waals surface area (Å²) < 4.78 is 33.3. The molecule has 10 heteroatoms. The molecule has 1 fully saturated rings. The number of benzene rings is 1. The zero-order valence-electron chi connectivity index (χ0n) is 18.3. The van der Waals surface area contributed by atoms with Gasteiger partial charge in [-0.1, -0.05) is 0 Å². The number of alkyl halides is 1. The van der Waals surface area contributed by atoms with Gasteiger partial charge >= 0.3 is 0 Å². The molecule has 172 valence electrons. The molecule has 2 atom stereocenters. The highest BCUT2D eigenvalue weighted by Gasteiger charge is 2.53. The molecule has 7 nitrogen and oxygen atoms in total. The maximum absolute atomic E-state index is 15.0. The summed E-state index contributed by atoms with van der Waals surface area (Å²) in [5.74, 6) is 1.40. The molecule has 0 unspecified atom stereocenters. The summed E-state index contributed by atoms with van der Waals surface area (Å²) >= 11 is 1.45. The quantitative estimate of drug-likeness (QED) is 0.553. The third-order valence-electron chi connectivity index (χ3n) is 6.30. The summed E-state index contributed by atoms with van der Waals surface area (Å²) in [6.45, 7) is 1.27. The Labute approximate surface area is 194 Å². The first-order valence-corrected chi connectivity index (χ1v) is 11.7. The van der Waals surface area contributed by atoms with E-state index in [-0.39, 0.29) is 11.8 Å². The number of hydrogen-bond acceptors (Lipinski definition) is 8. The summed E-state index contributed by atoms with van der Waals surface area (Å²) in [5.41, 5.74) is 7.56. The smallest absolute Gasteiger partial charge is 0.232 e. The van der Waals surface area contributed by atoms with Gasteiger partial charge in [0.25, 0.3) is 0 Å².